The van der Waals surface area contributed by atoms with Crippen LogP contribution in [0.3, 0.4) is 0 Å². The molecular formula is C22H29IN4O. The largest absolute Gasteiger partial charge is 0.497 e. The quantitative estimate of drug-likeness (QED) is 0.260. The molecule has 0 atom stereocenters. The number of para-hydroxylation sites is 1. The first-order valence-electron chi connectivity index (χ1n) is 9.42. The summed E-state index contributed by atoms with van der Waals surface area (Å²) in [5.41, 5.74) is 4.92. The molecule has 150 valence electrons. The lowest BCUT2D eigenvalue weighted by Gasteiger charge is -2.12. The molecule has 0 aliphatic heterocycles. The van der Waals surface area contributed by atoms with Gasteiger partial charge in [0.05, 0.1) is 13.7 Å². The molecule has 28 heavy (non-hydrogen) atoms. The molecule has 0 aliphatic rings. The fourth-order valence-corrected chi connectivity index (χ4v) is 3.25. The minimum atomic E-state index is 0. The van der Waals surface area contributed by atoms with Crippen LogP contribution < -0.4 is 15.4 Å². The van der Waals surface area contributed by atoms with E-state index in [1.807, 2.05) is 18.2 Å². The van der Waals surface area contributed by atoms with Gasteiger partial charge in [0.1, 0.15) is 5.75 Å². The number of H-pyrrole nitrogens is 1. The number of rotatable bonds is 7. The number of fused-ring (bicyclic) bond motifs is 1. The minimum absolute atomic E-state index is 0. The number of aliphatic imine (C=N–C) groups is 1. The molecule has 0 bridgehead atoms. The maximum absolute atomic E-state index is 5.28. The monoisotopic (exact) mass is 492 g/mol. The van der Waals surface area contributed by atoms with Gasteiger partial charge in [0.2, 0.25) is 0 Å². The van der Waals surface area contributed by atoms with Crippen LogP contribution in [-0.4, -0.2) is 31.1 Å². The molecule has 1 heterocycles. The zero-order valence-corrected chi connectivity index (χ0v) is 19.0. The van der Waals surface area contributed by atoms with Crippen molar-refractivity contribution >= 4 is 40.8 Å². The van der Waals surface area contributed by atoms with Crippen LogP contribution in [0.1, 0.15) is 23.7 Å². The first-order chi connectivity index (χ1) is 13.2. The highest BCUT2D eigenvalue weighted by molar-refractivity contribution is 14.0. The summed E-state index contributed by atoms with van der Waals surface area (Å²) in [5.74, 6) is 1.69. The molecule has 1 aromatic heterocycles. The van der Waals surface area contributed by atoms with Gasteiger partial charge in [0.25, 0.3) is 0 Å². The van der Waals surface area contributed by atoms with E-state index in [1.165, 1.54) is 22.2 Å². The van der Waals surface area contributed by atoms with Gasteiger partial charge in [-0.3, -0.25) is 0 Å². The second-order valence-electron chi connectivity index (χ2n) is 6.50. The number of nitrogens with zero attached hydrogens (tertiary/aromatic N) is 1. The summed E-state index contributed by atoms with van der Waals surface area (Å²) in [6, 6.07) is 16.5. The van der Waals surface area contributed by atoms with E-state index in [4.69, 9.17) is 9.73 Å². The van der Waals surface area contributed by atoms with Gasteiger partial charge in [-0.15, -0.1) is 24.0 Å². The first-order valence-corrected chi connectivity index (χ1v) is 9.42. The Morgan fingerprint density at radius 1 is 1.11 bits per heavy atom. The summed E-state index contributed by atoms with van der Waals surface area (Å²) in [6.07, 6.45) is 0.944. The summed E-state index contributed by atoms with van der Waals surface area (Å²) < 4.78 is 5.28. The Hall–Kier alpha value is -2.22. The van der Waals surface area contributed by atoms with E-state index in [1.54, 1.807) is 7.11 Å². The number of aromatic nitrogens is 1. The summed E-state index contributed by atoms with van der Waals surface area (Å²) in [7, 11) is 1.68. The van der Waals surface area contributed by atoms with E-state index in [0.717, 1.165) is 36.8 Å². The molecule has 0 aliphatic carbocycles. The Morgan fingerprint density at radius 2 is 1.93 bits per heavy atom. The average Bonchev–Trinajstić information content (AvgIpc) is 3.01. The van der Waals surface area contributed by atoms with Gasteiger partial charge in [-0.25, -0.2) is 4.99 Å². The van der Waals surface area contributed by atoms with E-state index >= 15 is 0 Å². The highest BCUT2D eigenvalue weighted by atomic mass is 127. The number of guanidine groups is 1. The molecule has 0 saturated carbocycles. The van der Waals surface area contributed by atoms with Gasteiger partial charge in [-0.1, -0.05) is 30.3 Å². The maximum Gasteiger partial charge on any atom is 0.191 e. The summed E-state index contributed by atoms with van der Waals surface area (Å²) in [6.45, 7) is 6.48. The van der Waals surface area contributed by atoms with Crippen LogP contribution >= 0.6 is 24.0 Å². The van der Waals surface area contributed by atoms with Crippen molar-refractivity contribution in [3.63, 3.8) is 0 Å². The Balaban J connectivity index is 0.00000280. The van der Waals surface area contributed by atoms with Crippen LogP contribution in [0.15, 0.2) is 53.5 Å². The highest BCUT2D eigenvalue weighted by Gasteiger charge is 2.08. The zero-order valence-electron chi connectivity index (χ0n) is 16.7. The zero-order chi connectivity index (χ0) is 19.1. The van der Waals surface area contributed by atoms with Crippen molar-refractivity contribution in [2.45, 2.75) is 26.8 Å². The molecule has 0 spiro atoms. The van der Waals surface area contributed by atoms with E-state index in [0.29, 0.717) is 6.54 Å². The van der Waals surface area contributed by atoms with Crippen LogP contribution in [0.5, 0.6) is 5.75 Å². The van der Waals surface area contributed by atoms with Crippen molar-refractivity contribution in [1.29, 1.82) is 0 Å². The molecule has 3 N–H and O–H groups in total. The Kier molecular flexibility index (Phi) is 8.63. The van der Waals surface area contributed by atoms with Gasteiger partial charge < -0.3 is 20.4 Å². The topological polar surface area (TPSA) is 61.4 Å². The molecule has 0 radical (unpaired) electrons. The fourth-order valence-electron chi connectivity index (χ4n) is 3.25. The van der Waals surface area contributed by atoms with Crippen molar-refractivity contribution in [3.05, 3.63) is 65.4 Å². The highest BCUT2D eigenvalue weighted by Crippen LogP contribution is 2.21. The molecule has 0 unspecified atom stereocenters. The van der Waals surface area contributed by atoms with Crippen molar-refractivity contribution < 1.29 is 4.74 Å². The van der Waals surface area contributed by atoms with Gasteiger partial charge in [-0.05, 0) is 49.6 Å². The normalized spacial score (nSPS) is 11.2. The van der Waals surface area contributed by atoms with Gasteiger partial charge >= 0.3 is 0 Å². The third-order valence-electron chi connectivity index (χ3n) is 4.59. The smallest absolute Gasteiger partial charge is 0.191 e. The van der Waals surface area contributed by atoms with Crippen molar-refractivity contribution in [2.24, 2.45) is 4.99 Å². The number of hydrogen-bond acceptors (Lipinski definition) is 2. The van der Waals surface area contributed by atoms with Gasteiger partial charge in [0.15, 0.2) is 5.96 Å². The van der Waals surface area contributed by atoms with Crippen LogP contribution in [0.25, 0.3) is 10.9 Å². The summed E-state index contributed by atoms with van der Waals surface area (Å²) in [5, 5.41) is 8.06. The van der Waals surface area contributed by atoms with Crippen LogP contribution in [-0.2, 0) is 13.0 Å². The second kappa shape index (κ2) is 10.9. The summed E-state index contributed by atoms with van der Waals surface area (Å²) >= 11 is 0. The average molecular weight is 492 g/mol. The fraction of sp³-hybridized carbons (Fsp3) is 0.318. The second-order valence-corrected chi connectivity index (χ2v) is 6.50. The van der Waals surface area contributed by atoms with E-state index in [-0.39, 0.29) is 24.0 Å². The van der Waals surface area contributed by atoms with E-state index in [9.17, 15) is 0 Å². The van der Waals surface area contributed by atoms with Gasteiger partial charge in [-0.2, -0.15) is 0 Å². The SMILES string of the molecule is CCNC(=NCc1cccc(OC)c1)NCCc1c(C)[nH]c2ccccc12.I. The lowest BCUT2D eigenvalue weighted by atomic mass is 10.1. The van der Waals surface area contributed by atoms with Crippen LogP contribution in [0, 0.1) is 6.92 Å². The molecule has 3 aromatic rings. The van der Waals surface area contributed by atoms with Crippen molar-refractivity contribution in [2.75, 3.05) is 20.2 Å². The molecular weight excluding hydrogens is 463 g/mol. The minimum Gasteiger partial charge on any atom is -0.497 e. The number of ether oxygens (including phenoxy) is 1. The molecule has 2 aromatic carbocycles. The third kappa shape index (κ3) is 5.64. The maximum atomic E-state index is 5.28. The van der Waals surface area contributed by atoms with E-state index in [2.05, 4.69) is 59.8 Å². The summed E-state index contributed by atoms with van der Waals surface area (Å²) in [4.78, 5) is 8.16. The number of methoxy groups -OCH3 is 1. The van der Waals surface area contributed by atoms with Gasteiger partial charge in [0, 0.05) is 29.7 Å². The molecule has 0 saturated heterocycles. The first kappa shape index (κ1) is 22.1. The van der Waals surface area contributed by atoms with E-state index < -0.39 is 0 Å². The number of hydrogen-bond donors (Lipinski definition) is 3. The standard InChI is InChI=1S/C22H28N4O.HI/c1-4-23-22(25-15-17-8-7-9-18(14-17)27-3)24-13-12-19-16(2)26-21-11-6-5-10-20(19)21;/h5-11,14,26H,4,12-13,15H2,1-3H3,(H2,23,24,25);1H. The molecule has 0 fully saturated rings. The van der Waals surface area contributed by atoms with Crippen molar-refractivity contribution in [3.8, 4) is 5.75 Å². The third-order valence-corrected chi connectivity index (χ3v) is 4.59. The Morgan fingerprint density at radius 3 is 2.71 bits per heavy atom. The van der Waals surface area contributed by atoms with Crippen LogP contribution in [0.2, 0.25) is 0 Å². The number of halogens is 1. The predicted molar refractivity (Wildman–Crippen MR) is 128 cm³/mol. The molecule has 3 rings (SSSR count). The number of benzene rings is 2. The Bertz CT molecular complexity index is 920. The lowest BCUT2D eigenvalue weighted by Crippen LogP contribution is -2.38. The van der Waals surface area contributed by atoms with Crippen molar-refractivity contribution in [1.82, 2.24) is 15.6 Å². The number of nitrogens with one attached hydrogen (secondary N) is 3. The van der Waals surface area contributed by atoms with Crippen LogP contribution in [0.4, 0.5) is 0 Å². The number of aromatic amines is 1. The number of aryl methyl sites for hydroxylation is 1. The molecule has 0 amide bonds. The lowest BCUT2D eigenvalue weighted by molar-refractivity contribution is 0.414. The molecule has 6 heteroatoms. The Labute approximate surface area is 184 Å². The molecule has 5 nitrogen and oxygen atoms in total. The predicted octanol–water partition coefficient (Wildman–Crippen LogP) is 4.40.